The number of hydrogen-bond acceptors (Lipinski definition) is 5. The number of aromatic nitrogens is 1. The Balaban J connectivity index is 1.67. The van der Waals surface area contributed by atoms with Crippen LogP contribution in [-0.2, 0) is 16.1 Å². The maximum Gasteiger partial charge on any atom is 0.339 e. The van der Waals surface area contributed by atoms with Crippen molar-refractivity contribution in [1.82, 2.24) is 9.47 Å². The van der Waals surface area contributed by atoms with E-state index in [0.717, 1.165) is 17.0 Å². The van der Waals surface area contributed by atoms with Crippen LogP contribution in [0.3, 0.4) is 0 Å². The molecule has 8 heteroatoms. The van der Waals surface area contributed by atoms with Gasteiger partial charge in [0.2, 0.25) is 11.7 Å². The molecule has 0 aliphatic carbocycles. The first-order valence-corrected chi connectivity index (χ1v) is 11.7. The molecule has 0 aliphatic rings. The Morgan fingerprint density at radius 1 is 1.00 bits per heavy atom. The number of carbonyl (C=O) groups excluding carboxylic acids is 3. The van der Waals surface area contributed by atoms with E-state index in [0.29, 0.717) is 22.6 Å². The van der Waals surface area contributed by atoms with E-state index in [-0.39, 0.29) is 23.3 Å². The van der Waals surface area contributed by atoms with Gasteiger partial charge in [-0.25, -0.2) is 9.18 Å². The lowest BCUT2D eigenvalue weighted by Crippen LogP contribution is -2.23. The SMILES string of the molecule is Cc1cc(C(=O)COC(=O)c2ccccc2SCC(=O)N(C)C)c(C)n1Cc1ccc(F)cc1. The molecule has 3 rings (SSSR count). The van der Waals surface area contributed by atoms with Crippen LogP contribution < -0.4 is 0 Å². The minimum atomic E-state index is -0.617. The van der Waals surface area contributed by atoms with E-state index in [2.05, 4.69) is 0 Å². The Bertz CT molecular complexity index is 1200. The van der Waals surface area contributed by atoms with Crippen molar-refractivity contribution in [2.75, 3.05) is 26.5 Å². The summed E-state index contributed by atoms with van der Waals surface area (Å²) in [6.07, 6.45) is 0. The minimum absolute atomic E-state index is 0.0701. The number of halogens is 1. The standard InChI is InChI=1S/C26H27FN2O4S/c1-17-13-22(18(2)29(17)14-19-9-11-20(27)12-10-19)23(30)15-33-26(32)21-7-5-6-8-24(21)34-16-25(31)28(3)4/h5-13H,14-16H2,1-4H3. The van der Waals surface area contributed by atoms with Crippen LogP contribution >= 0.6 is 11.8 Å². The van der Waals surface area contributed by atoms with Crippen molar-refractivity contribution in [2.24, 2.45) is 0 Å². The number of carbonyl (C=O) groups is 3. The summed E-state index contributed by atoms with van der Waals surface area (Å²) >= 11 is 1.25. The Hall–Kier alpha value is -3.39. The van der Waals surface area contributed by atoms with Crippen LogP contribution in [0.4, 0.5) is 4.39 Å². The molecular formula is C26H27FN2O4S. The number of amides is 1. The molecule has 1 amide bonds. The fourth-order valence-corrected chi connectivity index (χ4v) is 4.43. The van der Waals surface area contributed by atoms with E-state index in [1.165, 1.54) is 28.8 Å². The quantitative estimate of drug-likeness (QED) is 0.255. The normalized spacial score (nSPS) is 10.7. The van der Waals surface area contributed by atoms with Crippen LogP contribution in [0.1, 0.15) is 37.7 Å². The molecule has 0 fully saturated rings. The first-order chi connectivity index (χ1) is 16.2. The molecule has 0 spiro atoms. The van der Waals surface area contributed by atoms with Gasteiger partial charge in [-0.05, 0) is 49.7 Å². The molecule has 178 valence electrons. The lowest BCUT2D eigenvalue weighted by atomic mass is 10.1. The predicted octanol–water partition coefficient (Wildman–Crippen LogP) is 4.51. The van der Waals surface area contributed by atoms with Crippen LogP contribution in [-0.4, -0.2) is 53.6 Å². The molecule has 6 nitrogen and oxygen atoms in total. The molecule has 34 heavy (non-hydrogen) atoms. The van der Waals surface area contributed by atoms with E-state index in [1.54, 1.807) is 56.6 Å². The molecule has 3 aromatic rings. The Labute approximate surface area is 202 Å². The molecular weight excluding hydrogens is 455 g/mol. The van der Waals surface area contributed by atoms with Gasteiger partial charge in [0, 0.05) is 42.5 Å². The van der Waals surface area contributed by atoms with Crippen molar-refractivity contribution in [3.63, 3.8) is 0 Å². The molecule has 0 N–H and O–H groups in total. The first-order valence-electron chi connectivity index (χ1n) is 10.7. The second kappa shape index (κ2) is 11.2. The van der Waals surface area contributed by atoms with E-state index in [1.807, 2.05) is 18.4 Å². The summed E-state index contributed by atoms with van der Waals surface area (Å²) in [5.41, 5.74) is 3.33. The highest BCUT2D eigenvalue weighted by Gasteiger charge is 2.20. The van der Waals surface area contributed by atoms with Crippen molar-refractivity contribution >= 4 is 29.4 Å². The zero-order chi connectivity index (χ0) is 24.8. The largest absolute Gasteiger partial charge is 0.454 e. The first kappa shape index (κ1) is 25.2. The maximum absolute atomic E-state index is 13.2. The highest BCUT2D eigenvalue weighted by Crippen LogP contribution is 2.24. The monoisotopic (exact) mass is 482 g/mol. The number of nitrogens with zero attached hydrogens (tertiary/aromatic N) is 2. The maximum atomic E-state index is 13.2. The van der Waals surface area contributed by atoms with Gasteiger partial charge in [-0.1, -0.05) is 24.3 Å². The number of aryl methyl sites for hydroxylation is 1. The fraction of sp³-hybridized carbons (Fsp3) is 0.269. The summed E-state index contributed by atoms with van der Waals surface area (Å²) in [6, 6.07) is 14.8. The van der Waals surface area contributed by atoms with Gasteiger partial charge in [0.05, 0.1) is 11.3 Å². The van der Waals surface area contributed by atoms with Crippen LogP contribution in [0.25, 0.3) is 0 Å². The van der Waals surface area contributed by atoms with Gasteiger partial charge < -0.3 is 14.2 Å². The lowest BCUT2D eigenvalue weighted by Gasteiger charge is -2.12. The second-order valence-electron chi connectivity index (χ2n) is 8.07. The number of rotatable bonds is 9. The summed E-state index contributed by atoms with van der Waals surface area (Å²) in [6.45, 7) is 3.83. The van der Waals surface area contributed by atoms with Gasteiger partial charge in [0.15, 0.2) is 6.61 Å². The van der Waals surface area contributed by atoms with Crippen molar-refractivity contribution < 1.29 is 23.5 Å². The Morgan fingerprint density at radius 2 is 1.68 bits per heavy atom. The number of ketones is 1. The summed E-state index contributed by atoms with van der Waals surface area (Å²) in [5.74, 6) is -1.10. The van der Waals surface area contributed by atoms with Crippen LogP contribution in [0.5, 0.6) is 0 Å². The Kier molecular flexibility index (Phi) is 8.28. The molecule has 0 bridgehead atoms. The molecule has 0 radical (unpaired) electrons. The zero-order valence-electron chi connectivity index (χ0n) is 19.6. The van der Waals surface area contributed by atoms with Gasteiger partial charge in [0.1, 0.15) is 5.82 Å². The molecule has 0 aliphatic heterocycles. The van der Waals surface area contributed by atoms with Crippen LogP contribution in [0.15, 0.2) is 59.5 Å². The van der Waals surface area contributed by atoms with E-state index < -0.39 is 12.6 Å². The average molecular weight is 483 g/mol. The van der Waals surface area contributed by atoms with E-state index in [9.17, 15) is 18.8 Å². The third-order valence-corrected chi connectivity index (χ3v) is 6.48. The van der Waals surface area contributed by atoms with Gasteiger partial charge in [-0.2, -0.15) is 0 Å². The number of benzene rings is 2. The Morgan fingerprint density at radius 3 is 2.35 bits per heavy atom. The average Bonchev–Trinajstić information content (AvgIpc) is 3.10. The van der Waals surface area contributed by atoms with E-state index >= 15 is 0 Å². The summed E-state index contributed by atoms with van der Waals surface area (Å²) in [7, 11) is 3.34. The number of thioether (sulfide) groups is 1. The lowest BCUT2D eigenvalue weighted by molar-refractivity contribution is -0.125. The second-order valence-corrected chi connectivity index (χ2v) is 9.09. The topological polar surface area (TPSA) is 68.6 Å². The highest BCUT2D eigenvalue weighted by molar-refractivity contribution is 8.00. The summed E-state index contributed by atoms with van der Waals surface area (Å²) in [4.78, 5) is 39.5. The molecule has 0 atom stereocenters. The third kappa shape index (κ3) is 6.14. The number of Topliss-reactive ketones (excluding diaryl/α,β-unsaturated/α-hetero) is 1. The summed E-state index contributed by atoms with van der Waals surface area (Å²) in [5, 5.41) is 0. The molecule has 2 aromatic carbocycles. The summed E-state index contributed by atoms with van der Waals surface area (Å²) < 4.78 is 20.5. The number of ether oxygens (including phenoxy) is 1. The van der Waals surface area contributed by atoms with Gasteiger partial charge in [-0.3, -0.25) is 9.59 Å². The molecule has 1 heterocycles. The molecule has 1 aromatic heterocycles. The van der Waals surface area contributed by atoms with Crippen molar-refractivity contribution in [2.45, 2.75) is 25.3 Å². The van der Waals surface area contributed by atoms with Crippen molar-refractivity contribution in [1.29, 1.82) is 0 Å². The van der Waals surface area contributed by atoms with Crippen molar-refractivity contribution in [3.8, 4) is 0 Å². The molecule has 0 unspecified atom stereocenters. The number of esters is 1. The zero-order valence-corrected chi connectivity index (χ0v) is 20.4. The van der Waals surface area contributed by atoms with E-state index in [4.69, 9.17) is 4.74 Å². The smallest absolute Gasteiger partial charge is 0.339 e. The number of hydrogen-bond donors (Lipinski definition) is 0. The minimum Gasteiger partial charge on any atom is -0.454 e. The van der Waals surface area contributed by atoms with Gasteiger partial charge in [-0.15, -0.1) is 11.8 Å². The van der Waals surface area contributed by atoms with Crippen molar-refractivity contribution in [3.05, 3.63) is 88.5 Å². The fourth-order valence-electron chi connectivity index (χ4n) is 3.42. The van der Waals surface area contributed by atoms with Gasteiger partial charge >= 0.3 is 5.97 Å². The molecule has 0 saturated carbocycles. The van der Waals surface area contributed by atoms with Crippen LogP contribution in [0.2, 0.25) is 0 Å². The van der Waals surface area contributed by atoms with Crippen LogP contribution in [0, 0.1) is 19.7 Å². The third-order valence-electron chi connectivity index (χ3n) is 5.42. The highest BCUT2D eigenvalue weighted by atomic mass is 32.2. The van der Waals surface area contributed by atoms with Gasteiger partial charge in [0.25, 0.3) is 0 Å². The molecule has 0 saturated heterocycles. The predicted molar refractivity (Wildman–Crippen MR) is 130 cm³/mol.